The van der Waals surface area contributed by atoms with Gasteiger partial charge in [0.15, 0.2) is 5.11 Å². The Hall–Kier alpha value is -3.03. The number of benzene rings is 3. The highest BCUT2D eigenvalue weighted by atomic mass is 79.9. The molecular formula is C23H17BrN2O3S. The number of carbonyl (C=O) groups excluding carboxylic acids is 2. The van der Waals surface area contributed by atoms with Gasteiger partial charge in [0.05, 0.1) is 12.3 Å². The maximum Gasteiger partial charge on any atom is 0.270 e. The molecule has 1 N–H and O–H groups in total. The van der Waals surface area contributed by atoms with Gasteiger partial charge in [0.2, 0.25) is 0 Å². The van der Waals surface area contributed by atoms with E-state index in [1.807, 2.05) is 55.5 Å². The van der Waals surface area contributed by atoms with Gasteiger partial charge in [0.1, 0.15) is 11.3 Å². The first kappa shape index (κ1) is 20.3. The number of carbonyl (C=O) groups is 2. The Labute approximate surface area is 187 Å². The molecule has 0 spiro atoms. The fraction of sp³-hybridized carbons (Fsp3) is 0.0870. The van der Waals surface area contributed by atoms with E-state index in [9.17, 15) is 9.59 Å². The molecule has 7 heteroatoms. The number of nitrogens with one attached hydrogen (secondary N) is 1. The number of rotatable bonds is 4. The van der Waals surface area contributed by atoms with Crippen molar-refractivity contribution in [3.8, 4) is 5.75 Å². The minimum atomic E-state index is -0.517. The Kier molecular flexibility index (Phi) is 5.65. The van der Waals surface area contributed by atoms with Gasteiger partial charge in [-0.05, 0) is 66.5 Å². The molecule has 1 aliphatic heterocycles. The van der Waals surface area contributed by atoms with Gasteiger partial charge in [-0.3, -0.25) is 19.8 Å². The zero-order valence-corrected chi connectivity index (χ0v) is 18.4. The van der Waals surface area contributed by atoms with Gasteiger partial charge in [0, 0.05) is 9.86 Å². The quantitative estimate of drug-likeness (QED) is 0.330. The molecular weight excluding hydrogens is 464 g/mol. The molecule has 5 nitrogen and oxygen atoms in total. The lowest BCUT2D eigenvalue weighted by Crippen LogP contribution is -2.54. The smallest absolute Gasteiger partial charge is 0.270 e. The second-order valence-electron chi connectivity index (χ2n) is 6.57. The van der Waals surface area contributed by atoms with E-state index in [-0.39, 0.29) is 10.7 Å². The summed E-state index contributed by atoms with van der Waals surface area (Å²) in [6.07, 6.45) is 1.60. The maximum atomic E-state index is 13.2. The monoisotopic (exact) mass is 480 g/mol. The number of ether oxygens (including phenoxy) is 1. The van der Waals surface area contributed by atoms with Gasteiger partial charge in [-0.25, -0.2) is 0 Å². The first-order valence-electron chi connectivity index (χ1n) is 9.31. The van der Waals surface area contributed by atoms with E-state index in [2.05, 4.69) is 21.2 Å². The van der Waals surface area contributed by atoms with Crippen molar-refractivity contribution in [3.63, 3.8) is 0 Å². The molecule has 1 aliphatic rings. The summed E-state index contributed by atoms with van der Waals surface area (Å²) in [6, 6.07) is 18.6. The van der Waals surface area contributed by atoms with E-state index in [0.717, 1.165) is 26.6 Å². The molecule has 0 radical (unpaired) electrons. The standard InChI is InChI=1S/C23H17BrN2O3S/c1-2-29-20-12-7-14(17-5-3-4-6-18(17)20)13-19-21(27)25-23(30)26(22(19)28)16-10-8-15(24)9-11-16/h3-13H,2H2,1H3,(H,25,27,30). The minimum Gasteiger partial charge on any atom is -0.493 e. The van der Waals surface area contributed by atoms with Crippen molar-refractivity contribution in [1.82, 2.24) is 5.32 Å². The minimum absolute atomic E-state index is 0.0147. The predicted molar refractivity (Wildman–Crippen MR) is 125 cm³/mol. The van der Waals surface area contributed by atoms with Crippen molar-refractivity contribution in [1.29, 1.82) is 0 Å². The molecule has 3 aromatic carbocycles. The second kappa shape index (κ2) is 8.38. The number of fused-ring (bicyclic) bond motifs is 1. The van der Waals surface area contributed by atoms with Crippen molar-refractivity contribution in [2.45, 2.75) is 6.92 Å². The van der Waals surface area contributed by atoms with Gasteiger partial charge in [-0.15, -0.1) is 0 Å². The highest BCUT2D eigenvalue weighted by molar-refractivity contribution is 9.10. The van der Waals surface area contributed by atoms with Gasteiger partial charge in [-0.1, -0.05) is 46.3 Å². The molecule has 0 unspecified atom stereocenters. The van der Waals surface area contributed by atoms with E-state index in [1.54, 1.807) is 18.2 Å². The normalized spacial score (nSPS) is 15.6. The summed E-state index contributed by atoms with van der Waals surface area (Å²) in [5.41, 5.74) is 1.34. The van der Waals surface area contributed by atoms with E-state index >= 15 is 0 Å². The van der Waals surface area contributed by atoms with Crippen molar-refractivity contribution >= 4 is 67.6 Å². The fourth-order valence-corrected chi connectivity index (χ4v) is 3.88. The van der Waals surface area contributed by atoms with E-state index < -0.39 is 11.8 Å². The topological polar surface area (TPSA) is 58.6 Å². The number of hydrogen-bond acceptors (Lipinski definition) is 4. The Bertz CT molecular complexity index is 1200. The first-order chi connectivity index (χ1) is 14.5. The van der Waals surface area contributed by atoms with Crippen LogP contribution in [0.2, 0.25) is 0 Å². The average Bonchev–Trinajstić information content (AvgIpc) is 2.74. The average molecular weight is 481 g/mol. The SMILES string of the molecule is CCOc1ccc(C=C2C(=O)NC(=S)N(c3ccc(Br)cc3)C2=O)c2ccccc12. The fourth-order valence-electron chi connectivity index (χ4n) is 3.34. The summed E-state index contributed by atoms with van der Waals surface area (Å²) in [5, 5.41) is 4.48. The zero-order valence-electron chi connectivity index (χ0n) is 16.0. The van der Waals surface area contributed by atoms with Crippen LogP contribution in [0, 0.1) is 0 Å². The van der Waals surface area contributed by atoms with Gasteiger partial charge in [-0.2, -0.15) is 0 Å². The third-order valence-corrected chi connectivity index (χ3v) is 5.52. The summed E-state index contributed by atoms with van der Waals surface area (Å²) in [5.74, 6) is -0.229. The number of nitrogens with zero attached hydrogens (tertiary/aromatic N) is 1. The van der Waals surface area contributed by atoms with Crippen LogP contribution < -0.4 is 15.0 Å². The number of hydrogen-bond donors (Lipinski definition) is 1. The lowest BCUT2D eigenvalue weighted by atomic mass is 10.00. The Morgan fingerprint density at radius 2 is 1.73 bits per heavy atom. The summed E-state index contributed by atoms with van der Waals surface area (Å²) in [6.45, 7) is 2.47. The predicted octanol–water partition coefficient (Wildman–Crippen LogP) is 4.83. The Morgan fingerprint density at radius 1 is 1.03 bits per heavy atom. The van der Waals surface area contributed by atoms with Crippen molar-refractivity contribution in [2.75, 3.05) is 11.5 Å². The van der Waals surface area contributed by atoms with Crippen LogP contribution in [-0.2, 0) is 9.59 Å². The molecule has 1 fully saturated rings. The van der Waals surface area contributed by atoms with Crippen molar-refractivity contribution < 1.29 is 14.3 Å². The summed E-state index contributed by atoms with van der Waals surface area (Å²) in [7, 11) is 0. The van der Waals surface area contributed by atoms with E-state index in [0.29, 0.717) is 12.3 Å². The molecule has 0 atom stereocenters. The van der Waals surface area contributed by atoms with Crippen LogP contribution in [-0.4, -0.2) is 23.5 Å². The first-order valence-corrected chi connectivity index (χ1v) is 10.5. The second-order valence-corrected chi connectivity index (χ2v) is 7.87. The molecule has 1 heterocycles. The molecule has 2 amide bonds. The van der Waals surface area contributed by atoms with Crippen molar-refractivity contribution in [2.24, 2.45) is 0 Å². The third-order valence-electron chi connectivity index (χ3n) is 4.70. The molecule has 150 valence electrons. The number of thiocarbonyl (C=S) groups is 1. The summed E-state index contributed by atoms with van der Waals surface area (Å²) < 4.78 is 6.59. The summed E-state index contributed by atoms with van der Waals surface area (Å²) in [4.78, 5) is 27.1. The maximum absolute atomic E-state index is 13.2. The van der Waals surface area contributed by atoms with Crippen LogP contribution in [0.1, 0.15) is 12.5 Å². The molecule has 1 saturated heterocycles. The van der Waals surface area contributed by atoms with Gasteiger partial charge < -0.3 is 4.74 Å². The number of anilines is 1. The highest BCUT2D eigenvalue weighted by Crippen LogP contribution is 2.31. The third kappa shape index (κ3) is 3.74. The van der Waals surface area contributed by atoms with Crippen molar-refractivity contribution in [3.05, 3.63) is 76.3 Å². The molecule has 30 heavy (non-hydrogen) atoms. The Balaban J connectivity index is 1.80. The largest absolute Gasteiger partial charge is 0.493 e. The highest BCUT2D eigenvalue weighted by Gasteiger charge is 2.34. The van der Waals surface area contributed by atoms with Crippen LogP contribution in [0.4, 0.5) is 5.69 Å². The molecule has 0 saturated carbocycles. The van der Waals surface area contributed by atoms with Crippen LogP contribution >= 0.6 is 28.1 Å². The molecule has 0 aromatic heterocycles. The zero-order chi connectivity index (χ0) is 21.3. The Morgan fingerprint density at radius 3 is 2.43 bits per heavy atom. The molecule has 4 rings (SSSR count). The molecule has 0 aliphatic carbocycles. The lowest BCUT2D eigenvalue weighted by Gasteiger charge is -2.29. The van der Waals surface area contributed by atoms with Gasteiger partial charge in [0.25, 0.3) is 11.8 Å². The van der Waals surface area contributed by atoms with Gasteiger partial charge >= 0.3 is 0 Å². The van der Waals surface area contributed by atoms with Crippen LogP contribution in [0.25, 0.3) is 16.8 Å². The number of halogens is 1. The summed E-state index contributed by atoms with van der Waals surface area (Å²) >= 11 is 8.63. The molecule has 0 bridgehead atoms. The molecule has 3 aromatic rings. The van der Waals surface area contributed by atoms with E-state index in [4.69, 9.17) is 17.0 Å². The number of amides is 2. The lowest BCUT2D eigenvalue weighted by molar-refractivity contribution is -0.122. The van der Waals surface area contributed by atoms with Crippen LogP contribution in [0.15, 0.2) is 70.7 Å². The van der Waals surface area contributed by atoms with Crippen LogP contribution in [0.5, 0.6) is 5.75 Å². The van der Waals surface area contributed by atoms with Crippen LogP contribution in [0.3, 0.4) is 0 Å². The van der Waals surface area contributed by atoms with E-state index in [1.165, 1.54) is 4.90 Å².